The molecular formula is C47H90NO8P. The second-order valence-electron chi connectivity index (χ2n) is 17.1. The molecule has 0 aliphatic carbocycles. The number of unbranched alkanes of at least 4 members (excludes halogenated alkanes) is 25. The topological polar surface area (TPSA) is 111 Å². The molecule has 0 saturated carbocycles. The van der Waals surface area contributed by atoms with Crippen molar-refractivity contribution in [1.82, 2.24) is 0 Å². The number of hydrogen-bond acceptors (Lipinski definition) is 8. The van der Waals surface area contributed by atoms with Gasteiger partial charge in [-0.2, -0.15) is 0 Å². The Balaban J connectivity index is 4.30. The van der Waals surface area contributed by atoms with Gasteiger partial charge in [-0.25, -0.2) is 0 Å². The minimum atomic E-state index is -4.63. The molecule has 0 N–H and O–H groups in total. The molecule has 0 bridgehead atoms. The second-order valence-corrected chi connectivity index (χ2v) is 18.5. The zero-order chi connectivity index (χ0) is 42.1. The van der Waals surface area contributed by atoms with Crippen LogP contribution in [-0.2, 0) is 32.7 Å². The van der Waals surface area contributed by atoms with E-state index in [1.807, 2.05) is 21.1 Å². The largest absolute Gasteiger partial charge is 0.756 e. The Bertz CT molecular complexity index is 1030. The van der Waals surface area contributed by atoms with Crippen LogP contribution in [0.15, 0.2) is 24.3 Å². The van der Waals surface area contributed by atoms with Crippen molar-refractivity contribution in [2.75, 3.05) is 47.5 Å². The Morgan fingerprint density at radius 2 is 0.947 bits per heavy atom. The van der Waals surface area contributed by atoms with E-state index in [0.717, 1.165) is 57.8 Å². The van der Waals surface area contributed by atoms with E-state index < -0.39 is 26.5 Å². The van der Waals surface area contributed by atoms with Gasteiger partial charge in [-0.15, -0.1) is 0 Å². The van der Waals surface area contributed by atoms with Gasteiger partial charge in [0, 0.05) is 12.8 Å². The number of rotatable bonds is 43. The summed E-state index contributed by atoms with van der Waals surface area (Å²) in [6, 6.07) is 0. The quantitative estimate of drug-likeness (QED) is 0.0196. The minimum absolute atomic E-state index is 0.0318. The Hall–Kier alpha value is -1.51. The summed E-state index contributed by atoms with van der Waals surface area (Å²) in [5.74, 6) is -0.841. The van der Waals surface area contributed by atoms with E-state index in [1.54, 1.807) is 0 Å². The van der Waals surface area contributed by atoms with Crippen LogP contribution in [-0.4, -0.2) is 70.0 Å². The number of esters is 2. The van der Waals surface area contributed by atoms with E-state index in [0.29, 0.717) is 17.4 Å². The van der Waals surface area contributed by atoms with Crippen LogP contribution >= 0.6 is 7.82 Å². The SMILES string of the molecule is CCCCC/C=C\C/C=C\CCCCCCCC(=O)OC(COC(=O)CCCCCCCCCCCCCCCCCCCC)COP(=O)([O-])OCC[N+](C)(C)C. The van der Waals surface area contributed by atoms with Crippen molar-refractivity contribution in [3.8, 4) is 0 Å². The van der Waals surface area contributed by atoms with Gasteiger partial charge in [0.1, 0.15) is 19.8 Å². The fourth-order valence-corrected chi connectivity index (χ4v) is 7.24. The van der Waals surface area contributed by atoms with Crippen molar-refractivity contribution in [3.63, 3.8) is 0 Å². The molecule has 0 radical (unpaired) electrons. The summed E-state index contributed by atoms with van der Waals surface area (Å²) >= 11 is 0. The van der Waals surface area contributed by atoms with Crippen LogP contribution < -0.4 is 4.89 Å². The Labute approximate surface area is 351 Å². The highest BCUT2D eigenvalue weighted by molar-refractivity contribution is 7.45. The number of quaternary nitrogens is 1. The van der Waals surface area contributed by atoms with Gasteiger partial charge in [-0.05, 0) is 44.9 Å². The maximum atomic E-state index is 12.7. The number of likely N-dealkylation sites (N-methyl/N-ethyl adjacent to an activating group) is 1. The third-order valence-electron chi connectivity index (χ3n) is 10.2. The highest BCUT2D eigenvalue weighted by Crippen LogP contribution is 2.38. The molecule has 2 atom stereocenters. The van der Waals surface area contributed by atoms with Gasteiger partial charge in [0.15, 0.2) is 6.10 Å². The lowest BCUT2D eigenvalue weighted by atomic mass is 10.0. The first kappa shape index (κ1) is 55.5. The van der Waals surface area contributed by atoms with Gasteiger partial charge in [0.2, 0.25) is 0 Å². The van der Waals surface area contributed by atoms with Gasteiger partial charge in [-0.1, -0.05) is 179 Å². The second kappa shape index (κ2) is 39.9. The van der Waals surface area contributed by atoms with Crippen molar-refractivity contribution in [3.05, 3.63) is 24.3 Å². The highest BCUT2D eigenvalue weighted by Gasteiger charge is 2.21. The fourth-order valence-electron chi connectivity index (χ4n) is 6.51. The molecule has 10 heteroatoms. The molecule has 0 aromatic carbocycles. The van der Waals surface area contributed by atoms with E-state index in [-0.39, 0.29) is 32.0 Å². The monoisotopic (exact) mass is 828 g/mol. The zero-order valence-corrected chi connectivity index (χ0v) is 38.7. The van der Waals surface area contributed by atoms with Crippen LogP contribution in [0.1, 0.15) is 213 Å². The third-order valence-corrected chi connectivity index (χ3v) is 11.2. The average molecular weight is 828 g/mol. The molecular weight excluding hydrogens is 737 g/mol. The lowest BCUT2D eigenvalue weighted by Gasteiger charge is -2.28. The van der Waals surface area contributed by atoms with Crippen molar-refractivity contribution in [2.45, 2.75) is 219 Å². The van der Waals surface area contributed by atoms with Gasteiger partial charge in [0.25, 0.3) is 7.82 Å². The average Bonchev–Trinajstić information content (AvgIpc) is 3.16. The molecule has 0 rings (SSSR count). The molecule has 0 amide bonds. The smallest absolute Gasteiger partial charge is 0.306 e. The molecule has 0 saturated heterocycles. The molecule has 0 fully saturated rings. The van der Waals surface area contributed by atoms with Crippen LogP contribution in [0.5, 0.6) is 0 Å². The molecule has 336 valence electrons. The van der Waals surface area contributed by atoms with Crippen molar-refractivity contribution >= 4 is 19.8 Å². The Morgan fingerprint density at radius 3 is 1.42 bits per heavy atom. The maximum absolute atomic E-state index is 12.7. The first-order chi connectivity index (χ1) is 27.5. The molecule has 0 aliphatic heterocycles. The summed E-state index contributed by atoms with van der Waals surface area (Å²) in [4.78, 5) is 37.6. The maximum Gasteiger partial charge on any atom is 0.306 e. The van der Waals surface area contributed by atoms with Gasteiger partial charge < -0.3 is 27.9 Å². The van der Waals surface area contributed by atoms with Crippen LogP contribution in [0, 0.1) is 0 Å². The summed E-state index contributed by atoms with van der Waals surface area (Å²) in [6.45, 7) is 4.21. The van der Waals surface area contributed by atoms with Gasteiger partial charge in [-0.3, -0.25) is 14.2 Å². The number of carbonyl (C=O) groups excluding carboxylic acids is 2. The fraction of sp³-hybridized carbons (Fsp3) is 0.872. The van der Waals surface area contributed by atoms with Crippen molar-refractivity contribution in [1.29, 1.82) is 0 Å². The minimum Gasteiger partial charge on any atom is -0.756 e. The number of phosphoric acid groups is 1. The Morgan fingerprint density at radius 1 is 0.544 bits per heavy atom. The molecule has 0 aromatic heterocycles. The summed E-state index contributed by atoms with van der Waals surface area (Å²) in [7, 11) is 1.16. The highest BCUT2D eigenvalue weighted by atomic mass is 31.2. The van der Waals surface area contributed by atoms with Gasteiger partial charge in [0.05, 0.1) is 27.7 Å². The van der Waals surface area contributed by atoms with Crippen LogP contribution in [0.4, 0.5) is 0 Å². The summed E-state index contributed by atoms with van der Waals surface area (Å²) in [6.07, 6.45) is 43.4. The first-order valence-corrected chi connectivity index (χ1v) is 25.0. The van der Waals surface area contributed by atoms with Crippen LogP contribution in [0.2, 0.25) is 0 Å². The van der Waals surface area contributed by atoms with E-state index in [4.69, 9.17) is 18.5 Å². The number of ether oxygens (including phenoxy) is 2. The molecule has 2 unspecified atom stereocenters. The number of nitrogens with zero attached hydrogens (tertiary/aromatic N) is 1. The molecule has 57 heavy (non-hydrogen) atoms. The first-order valence-electron chi connectivity index (χ1n) is 23.5. The molecule has 0 heterocycles. The molecule has 9 nitrogen and oxygen atoms in total. The van der Waals surface area contributed by atoms with E-state index >= 15 is 0 Å². The number of hydrogen-bond donors (Lipinski definition) is 0. The van der Waals surface area contributed by atoms with E-state index in [2.05, 4.69) is 38.2 Å². The molecule has 0 aliphatic rings. The third kappa shape index (κ3) is 43.9. The number of carbonyl (C=O) groups is 2. The predicted octanol–water partition coefficient (Wildman–Crippen LogP) is 12.9. The summed E-state index contributed by atoms with van der Waals surface area (Å²) in [5.41, 5.74) is 0. The van der Waals surface area contributed by atoms with E-state index in [9.17, 15) is 19.0 Å². The van der Waals surface area contributed by atoms with Crippen LogP contribution in [0.25, 0.3) is 0 Å². The summed E-state index contributed by atoms with van der Waals surface area (Å²) < 4.78 is 33.9. The standard InChI is InChI=1S/C47H90NO8P/c1-6-8-10-12-14-16-18-20-22-23-24-26-27-29-31-33-35-37-39-46(49)53-43-45(44-55-57(51,52)54-42-41-48(3,4)5)56-47(50)40-38-36-34-32-30-28-25-21-19-17-15-13-11-9-7-2/h15,17,21,25,45H,6-14,16,18-20,22-24,26-44H2,1-5H3/b17-15-,25-21-. The lowest BCUT2D eigenvalue weighted by Crippen LogP contribution is -2.37. The van der Waals surface area contributed by atoms with E-state index in [1.165, 1.54) is 122 Å². The van der Waals surface area contributed by atoms with Gasteiger partial charge >= 0.3 is 11.9 Å². The summed E-state index contributed by atoms with van der Waals surface area (Å²) in [5, 5.41) is 0. The lowest BCUT2D eigenvalue weighted by molar-refractivity contribution is -0.870. The Kier molecular flexibility index (Phi) is 38.9. The van der Waals surface area contributed by atoms with Crippen LogP contribution in [0.3, 0.4) is 0 Å². The predicted molar refractivity (Wildman–Crippen MR) is 236 cm³/mol. The van der Waals surface area contributed by atoms with Crippen molar-refractivity contribution < 1.29 is 42.1 Å². The number of allylic oxidation sites excluding steroid dienone is 4. The number of phosphoric ester groups is 1. The zero-order valence-electron chi connectivity index (χ0n) is 37.8. The molecule has 0 spiro atoms. The molecule has 0 aromatic rings. The normalized spacial score (nSPS) is 13.7. The van der Waals surface area contributed by atoms with Crippen molar-refractivity contribution in [2.24, 2.45) is 0 Å².